The average molecular weight is 527 g/mol. The molecule has 0 aliphatic rings. The molecular weight excluding hydrogens is 503 g/mol. The monoisotopic (exact) mass is 526 g/mol. The summed E-state index contributed by atoms with van der Waals surface area (Å²) in [5, 5.41) is 10.6. The summed E-state index contributed by atoms with van der Waals surface area (Å²) in [5.74, 6) is -0.0173. The highest BCUT2D eigenvalue weighted by molar-refractivity contribution is 6.17. The fraction of sp³-hybridized carbons (Fsp3) is 0.240. The van der Waals surface area contributed by atoms with Gasteiger partial charge in [0.15, 0.2) is 5.69 Å². The highest BCUT2D eigenvalue weighted by Crippen LogP contribution is 2.28. The first kappa shape index (κ1) is 25.8. The van der Waals surface area contributed by atoms with Gasteiger partial charge in [-0.3, -0.25) is 9.48 Å². The molecule has 1 amide bonds. The second-order valence-electron chi connectivity index (χ2n) is 7.79. The van der Waals surface area contributed by atoms with Crippen molar-refractivity contribution in [3.63, 3.8) is 0 Å². The van der Waals surface area contributed by atoms with E-state index in [0.29, 0.717) is 46.3 Å². The zero-order valence-electron chi connectivity index (χ0n) is 19.9. The van der Waals surface area contributed by atoms with Crippen LogP contribution in [-0.4, -0.2) is 50.7 Å². The van der Waals surface area contributed by atoms with E-state index in [2.05, 4.69) is 25.7 Å². The van der Waals surface area contributed by atoms with Crippen LogP contribution in [0.15, 0.2) is 55.0 Å². The Bertz CT molecular complexity index is 1410. The van der Waals surface area contributed by atoms with Crippen molar-refractivity contribution in [2.45, 2.75) is 19.9 Å². The first-order valence-electron chi connectivity index (χ1n) is 11.5. The van der Waals surface area contributed by atoms with Gasteiger partial charge in [0.25, 0.3) is 0 Å². The zero-order chi connectivity index (χ0) is 26.2. The Morgan fingerprint density at radius 1 is 1.16 bits per heavy atom. The molecule has 0 fully saturated rings. The number of carbonyl (C=O) groups excluding carboxylic acids is 2. The Morgan fingerprint density at radius 3 is 2.81 bits per heavy atom. The number of rotatable bonds is 11. The number of fused-ring (bicyclic) bond motifs is 1. The number of carbonyl (C=O) groups is 2. The Labute approximate surface area is 216 Å². The number of esters is 1. The minimum Gasteiger partial charge on any atom is -0.493 e. The molecule has 2 aromatic carbocycles. The molecule has 0 aliphatic carbocycles. The summed E-state index contributed by atoms with van der Waals surface area (Å²) >= 11 is 5.70. The maximum Gasteiger partial charge on any atom is 0.361 e. The Morgan fingerprint density at radius 2 is 2.03 bits per heavy atom. The summed E-state index contributed by atoms with van der Waals surface area (Å²) < 4.78 is 25.5. The minimum absolute atomic E-state index is 0.0202. The number of halogens is 2. The van der Waals surface area contributed by atoms with Crippen LogP contribution in [0.25, 0.3) is 10.9 Å². The second kappa shape index (κ2) is 12.1. The topological polar surface area (TPSA) is 120 Å². The van der Waals surface area contributed by atoms with Crippen LogP contribution in [-0.2, 0) is 16.1 Å². The van der Waals surface area contributed by atoms with Crippen LogP contribution in [0.4, 0.5) is 21.6 Å². The number of nitrogens with one attached hydrogen (secondary N) is 2. The number of hydrogen-bond donors (Lipinski definition) is 2. The first-order valence-corrected chi connectivity index (χ1v) is 12.0. The molecule has 37 heavy (non-hydrogen) atoms. The van der Waals surface area contributed by atoms with Gasteiger partial charge in [0.05, 0.1) is 24.4 Å². The van der Waals surface area contributed by atoms with Crippen LogP contribution in [0.1, 0.15) is 23.8 Å². The van der Waals surface area contributed by atoms with Crippen molar-refractivity contribution < 1.29 is 23.5 Å². The maximum absolute atomic E-state index is 13.4. The zero-order valence-corrected chi connectivity index (χ0v) is 20.7. The van der Waals surface area contributed by atoms with Crippen LogP contribution >= 0.6 is 11.6 Å². The molecule has 12 heteroatoms. The van der Waals surface area contributed by atoms with Gasteiger partial charge in [-0.2, -0.15) is 5.10 Å². The molecule has 0 saturated carbocycles. The minimum atomic E-state index is -0.664. The standard InChI is InChI=1S/C25H24ClFN6O4/c1-2-36-25(35)23-21(13-33(32-23)14-22(34)30-17-6-3-5-16(27)11-17)31-24-19-8-7-18(37-10-4-9-26)12-20(19)28-15-29-24/h3,5-8,11-13,15H,2,4,9-10,14H2,1H3,(H,30,34)(H,28,29,31). The number of nitrogens with zero attached hydrogens (tertiary/aromatic N) is 4. The van der Waals surface area contributed by atoms with Crippen molar-refractivity contribution in [3.05, 3.63) is 66.5 Å². The molecule has 10 nitrogen and oxygen atoms in total. The van der Waals surface area contributed by atoms with Crippen LogP contribution in [0.3, 0.4) is 0 Å². The SMILES string of the molecule is CCOC(=O)c1nn(CC(=O)Nc2cccc(F)c2)cc1Nc1ncnc2cc(OCCCCl)ccc12. The summed E-state index contributed by atoms with van der Waals surface area (Å²) in [6, 6.07) is 10.9. The van der Waals surface area contributed by atoms with Gasteiger partial charge >= 0.3 is 5.97 Å². The quantitative estimate of drug-likeness (QED) is 0.166. The molecule has 2 aromatic heterocycles. The van der Waals surface area contributed by atoms with Crippen LogP contribution in [0, 0.1) is 5.82 Å². The number of benzene rings is 2. The van der Waals surface area contributed by atoms with Crippen molar-refractivity contribution in [1.82, 2.24) is 19.7 Å². The number of hydrogen-bond acceptors (Lipinski definition) is 8. The van der Waals surface area contributed by atoms with E-state index in [0.717, 1.165) is 6.42 Å². The van der Waals surface area contributed by atoms with Gasteiger partial charge in [0.1, 0.15) is 30.3 Å². The third-order valence-electron chi connectivity index (χ3n) is 5.05. The van der Waals surface area contributed by atoms with Crippen LogP contribution in [0.5, 0.6) is 5.75 Å². The van der Waals surface area contributed by atoms with Crippen LogP contribution in [0.2, 0.25) is 0 Å². The molecule has 0 spiro atoms. The Kier molecular flexibility index (Phi) is 8.47. The number of aromatic nitrogens is 4. The van der Waals surface area contributed by atoms with Gasteiger partial charge in [-0.25, -0.2) is 19.2 Å². The van der Waals surface area contributed by atoms with Crippen molar-refractivity contribution >= 4 is 51.6 Å². The molecule has 0 unspecified atom stereocenters. The lowest BCUT2D eigenvalue weighted by atomic mass is 10.2. The van der Waals surface area contributed by atoms with E-state index in [9.17, 15) is 14.0 Å². The normalized spacial score (nSPS) is 10.8. The van der Waals surface area contributed by atoms with Crippen molar-refractivity contribution in [2.24, 2.45) is 0 Å². The molecule has 0 saturated heterocycles. The smallest absolute Gasteiger partial charge is 0.361 e. The predicted molar refractivity (Wildman–Crippen MR) is 137 cm³/mol. The first-order chi connectivity index (χ1) is 18.0. The summed E-state index contributed by atoms with van der Waals surface area (Å²) in [6.45, 7) is 2.09. The summed E-state index contributed by atoms with van der Waals surface area (Å²) in [6.07, 6.45) is 3.60. The fourth-order valence-electron chi connectivity index (χ4n) is 3.46. The van der Waals surface area contributed by atoms with Gasteiger partial charge in [-0.05, 0) is 43.7 Å². The van der Waals surface area contributed by atoms with Crippen molar-refractivity contribution in [1.29, 1.82) is 0 Å². The summed E-state index contributed by atoms with van der Waals surface area (Å²) in [7, 11) is 0. The lowest BCUT2D eigenvalue weighted by molar-refractivity contribution is -0.116. The van der Waals surface area contributed by atoms with Gasteiger partial charge in [0.2, 0.25) is 5.91 Å². The molecule has 4 aromatic rings. The summed E-state index contributed by atoms with van der Waals surface area (Å²) in [5.41, 5.74) is 1.20. The predicted octanol–water partition coefficient (Wildman–Crippen LogP) is 4.53. The molecule has 0 radical (unpaired) electrons. The fourth-order valence-corrected chi connectivity index (χ4v) is 3.57. The van der Waals surface area contributed by atoms with E-state index in [1.54, 1.807) is 31.2 Å². The van der Waals surface area contributed by atoms with Crippen LogP contribution < -0.4 is 15.4 Å². The van der Waals surface area contributed by atoms with E-state index >= 15 is 0 Å². The highest BCUT2D eigenvalue weighted by Gasteiger charge is 2.20. The van der Waals surface area contributed by atoms with E-state index in [-0.39, 0.29) is 18.8 Å². The Balaban J connectivity index is 1.57. The lowest BCUT2D eigenvalue weighted by Crippen LogP contribution is -2.19. The lowest BCUT2D eigenvalue weighted by Gasteiger charge is -2.10. The number of ether oxygens (including phenoxy) is 2. The number of amides is 1. The van der Waals surface area contributed by atoms with Gasteiger partial charge in [-0.15, -0.1) is 11.6 Å². The molecule has 2 N–H and O–H groups in total. The largest absolute Gasteiger partial charge is 0.493 e. The van der Waals surface area contributed by atoms with Gasteiger partial charge in [0, 0.05) is 29.2 Å². The molecule has 0 atom stereocenters. The third-order valence-corrected chi connectivity index (χ3v) is 5.32. The molecule has 2 heterocycles. The third kappa shape index (κ3) is 6.70. The van der Waals surface area contributed by atoms with E-state index in [1.807, 2.05) is 0 Å². The van der Waals surface area contributed by atoms with Gasteiger partial charge < -0.3 is 20.1 Å². The van der Waals surface area contributed by atoms with E-state index in [1.165, 1.54) is 35.4 Å². The van der Waals surface area contributed by atoms with Gasteiger partial charge in [-0.1, -0.05) is 6.07 Å². The maximum atomic E-state index is 13.4. The highest BCUT2D eigenvalue weighted by atomic mass is 35.5. The van der Waals surface area contributed by atoms with Crippen molar-refractivity contribution in [3.8, 4) is 5.75 Å². The molecule has 192 valence electrons. The van der Waals surface area contributed by atoms with E-state index in [4.69, 9.17) is 21.1 Å². The Hall–Kier alpha value is -4.25. The summed E-state index contributed by atoms with van der Waals surface area (Å²) in [4.78, 5) is 33.7. The number of alkyl halides is 1. The van der Waals surface area contributed by atoms with Crippen molar-refractivity contribution in [2.75, 3.05) is 29.7 Å². The van der Waals surface area contributed by atoms with E-state index < -0.39 is 17.7 Å². The number of anilines is 3. The second-order valence-corrected chi connectivity index (χ2v) is 8.16. The molecule has 0 bridgehead atoms. The molecule has 4 rings (SSSR count). The molecule has 0 aliphatic heterocycles. The molecular formula is C25H24ClFN6O4. The average Bonchev–Trinajstić information content (AvgIpc) is 3.26.